The summed E-state index contributed by atoms with van der Waals surface area (Å²) in [5.74, 6) is 1.95. The molecule has 0 unspecified atom stereocenters. The highest BCUT2D eigenvalue weighted by Crippen LogP contribution is 2.25. The van der Waals surface area contributed by atoms with Gasteiger partial charge in [-0.2, -0.15) is 4.98 Å². The molecule has 2 aromatic rings. The zero-order chi connectivity index (χ0) is 11.5. The molecule has 0 fully saturated rings. The van der Waals surface area contributed by atoms with Crippen LogP contribution in [0.4, 0.5) is 0 Å². The Bertz CT molecular complexity index is 496. The summed E-state index contributed by atoms with van der Waals surface area (Å²) in [6.45, 7) is 1.98. The van der Waals surface area contributed by atoms with Gasteiger partial charge in [0.1, 0.15) is 11.6 Å². The molecule has 1 heterocycles. The van der Waals surface area contributed by atoms with E-state index in [1.54, 1.807) is 7.11 Å². The van der Waals surface area contributed by atoms with E-state index in [2.05, 4.69) is 10.1 Å². The van der Waals surface area contributed by atoms with E-state index in [1.807, 2.05) is 25.1 Å². The quantitative estimate of drug-likeness (QED) is 0.772. The Balaban J connectivity index is 2.40. The van der Waals surface area contributed by atoms with E-state index in [9.17, 15) is 0 Å². The number of aromatic nitrogens is 2. The molecular formula is C11H11ClN2O2. The third-order valence-corrected chi connectivity index (χ3v) is 2.48. The van der Waals surface area contributed by atoms with Crippen molar-refractivity contribution in [3.63, 3.8) is 0 Å². The minimum absolute atomic E-state index is 0.218. The second kappa shape index (κ2) is 4.53. The summed E-state index contributed by atoms with van der Waals surface area (Å²) in [5.41, 5.74) is 1.91. The van der Waals surface area contributed by atoms with E-state index in [0.717, 1.165) is 16.9 Å². The highest BCUT2D eigenvalue weighted by atomic mass is 35.5. The van der Waals surface area contributed by atoms with Crippen molar-refractivity contribution in [2.75, 3.05) is 7.11 Å². The third kappa shape index (κ3) is 2.02. The molecule has 0 amide bonds. The summed E-state index contributed by atoms with van der Waals surface area (Å²) in [6, 6.07) is 5.74. The van der Waals surface area contributed by atoms with Crippen LogP contribution in [-0.2, 0) is 5.88 Å². The predicted molar refractivity (Wildman–Crippen MR) is 60.6 cm³/mol. The summed E-state index contributed by atoms with van der Waals surface area (Å²) in [6.07, 6.45) is 0. The Morgan fingerprint density at radius 2 is 2.25 bits per heavy atom. The fourth-order valence-corrected chi connectivity index (χ4v) is 1.49. The highest BCUT2D eigenvalue weighted by molar-refractivity contribution is 6.16. The number of benzene rings is 1. The second-order valence-electron chi connectivity index (χ2n) is 3.33. The molecule has 0 radical (unpaired) electrons. The van der Waals surface area contributed by atoms with E-state index < -0.39 is 0 Å². The minimum Gasteiger partial charge on any atom is -0.496 e. The third-order valence-electron chi connectivity index (χ3n) is 2.25. The van der Waals surface area contributed by atoms with Crippen molar-refractivity contribution in [3.05, 3.63) is 29.7 Å². The summed E-state index contributed by atoms with van der Waals surface area (Å²) in [7, 11) is 1.63. The van der Waals surface area contributed by atoms with Crippen LogP contribution in [0.15, 0.2) is 22.7 Å². The van der Waals surface area contributed by atoms with E-state index in [0.29, 0.717) is 11.7 Å². The van der Waals surface area contributed by atoms with Crippen molar-refractivity contribution in [1.29, 1.82) is 0 Å². The number of rotatable bonds is 3. The standard InChI is InChI=1S/C11H11ClN2O2/c1-7-3-4-8(5-9(7)15-2)11-13-10(6-12)16-14-11/h3-5H,6H2,1-2H3. The van der Waals surface area contributed by atoms with E-state index >= 15 is 0 Å². The molecule has 0 N–H and O–H groups in total. The van der Waals surface area contributed by atoms with Crippen molar-refractivity contribution in [2.45, 2.75) is 12.8 Å². The lowest BCUT2D eigenvalue weighted by Gasteiger charge is -2.04. The SMILES string of the molecule is COc1cc(-c2noc(CCl)n2)ccc1C. The van der Waals surface area contributed by atoms with Crippen LogP contribution < -0.4 is 4.74 Å². The Labute approximate surface area is 98.2 Å². The number of alkyl halides is 1. The van der Waals surface area contributed by atoms with Crippen LogP contribution in [0.1, 0.15) is 11.5 Å². The lowest BCUT2D eigenvalue weighted by molar-refractivity contribution is 0.391. The van der Waals surface area contributed by atoms with Crippen LogP contribution in [0.3, 0.4) is 0 Å². The van der Waals surface area contributed by atoms with Crippen LogP contribution in [0, 0.1) is 6.92 Å². The van der Waals surface area contributed by atoms with Gasteiger partial charge in [-0.15, -0.1) is 11.6 Å². The van der Waals surface area contributed by atoms with Gasteiger partial charge in [-0.05, 0) is 18.6 Å². The molecule has 0 saturated carbocycles. The zero-order valence-corrected chi connectivity index (χ0v) is 9.78. The average Bonchev–Trinajstić information content (AvgIpc) is 2.78. The zero-order valence-electron chi connectivity index (χ0n) is 9.03. The maximum Gasteiger partial charge on any atom is 0.241 e. The van der Waals surface area contributed by atoms with Gasteiger partial charge in [-0.3, -0.25) is 0 Å². The van der Waals surface area contributed by atoms with Crippen LogP contribution in [0.2, 0.25) is 0 Å². The molecular weight excluding hydrogens is 228 g/mol. The van der Waals surface area contributed by atoms with Gasteiger partial charge in [-0.25, -0.2) is 0 Å². The molecule has 5 heteroatoms. The van der Waals surface area contributed by atoms with Gasteiger partial charge < -0.3 is 9.26 Å². The molecule has 84 valence electrons. The van der Waals surface area contributed by atoms with Gasteiger partial charge >= 0.3 is 0 Å². The van der Waals surface area contributed by atoms with Crippen LogP contribution in [0.5, 0.6) is 5.75 Å². The smallest absolute Gasteiger partial charge is 0.241 e. The Morgan fingerprint density at radius 1 is 1.44 bits per heavy atom. The monoisotopic (exact) mass is 238 g/mol. The maximum atomic E-state index is 5.59. The number of methoxy groups -OCH3 is 1. The van der Waals surface area contributed by atoms with Crippen molar-refractivity contribution in [1.82, 2.24) is 10.1 Å². The summed E-state index contributed by atoms with van der Waals surface area (Å²) in [5, 5.41) is 3.84. The van der Waals surface area contributed by atoms with Crippen LogP contribution in [0.25, 0.3) is 11.4 Å². The number of ether oxygens (including phenoxy) is 1. The van der Waals surface area contributed by atoms with Crippen molar-refractivity contribution in [2.24, 2.45) is 0 Å². The number of halogens is 1. The Hall–Kier alpha value is -1.55. The number of hydrogen-bond donors (Lipinski definition) is 0. The van der Waals surface area contributed by atoms with Gasteiger partial charge in [-0.1, -0.05) is 17.3 Å². The topological polar surface area (TPSA) is 48.2 Å². The normalized spacial score (nSPS) is 10.4. The molecule has 0 spiro atoms. The van der Waals surface area contributed by atoms with Crippen LogP contribution in [-0.4, -0.2) is 17.3 Å². The fourth-order valence-electron chi connectivity index (χ4n) is 1.39. The number of hydrogen-bond acceptors (Lipinski definition) is 4. The van der Waals surface area contributed by atoms with Crippen molar-refractivity contribution in [3.8, 4) is 17.1 Å². The second-order valence-corrected chi connectivity index (χ2v) is 3.60. The van der Waals surface area contributed by atoms with E-state index in [-0.39, 0.29) is 5.88 Å². The lowest BCUT2D eigenvalue weighted by Crippen LogP contribution is -1.89. The Morgan fingerprint density at radius 3 is 2.88 bits per heavy atom. The lowest BCUT2D eigenvalue weighted by atomic mass is 10.1. The predicted octanol–water partition coefficient (Wildman–Crippen LogP) is 2.79. The molecule has 0 aliphatic rings. The highest BCUT2D eigenvalue weighted by Gasteiger charge is 2.09. The van der Waals surface area contributed by atoms with E-state index in [4.69, 9.17) is 20.9 Å². The maximum absolute atomic E-state index is 5.59. The average molecular weight is 239 g/mol. The first kappa shape index (κ1) is 11.0. The summed E-state index contributed by atoms with van der Waals surface area (Å²) < 4.78 is 10.2. The largest absolute Gasteiger partial charge is 0.496 e. The summed E-state index contributed by atoms with van der Waals surface area (Å²) >= 11 is 5.59. The van der Waals surface area contributed by atoms with Gasteiger partial charge in [0.2, 0.25) is 11.7 Å². The first-order valence-electron chi connectivity index (χ1n) is 4.78. The minimum atomic E-state index is 0.218. The molecule has 0 bridgehead atoms. The Kier molecular flexibility index (Phi) is 3.10. The molecule has 0 saturated heterocycles. The van der Waals surface area contributed by atoms with Gasteiger partial charge in [0.15, 0.2) is 0 Å². The summed E-state index contributed by atoms with van der Waals surface area (Å²) in [4.78, 5) is 4.14. The van der Waals surface area contributed by atoms with Crippen LogP contribution >= 0.6 is 11.6 Å². The first-order chi connectivity index (χ1) is 7.74. The molecule has 16 heavy (non-hydrogen) atoms. The van der Waals surface area contributed by atoms with E-state index in [1.165, 1.54) is 0 Å². The van der Waals surface area contributed by atoms with Crippen molar-refractivity contribution >= 4 is 11.6 Å². The number of nitrogens with zero attached hydrogens (tertiary/aromatic N) is 2. The fraction of sp³-hybridized carbons (Fsp3) is 0.273. The van der Waals surface area contributed by atoms with Gasteiger partial charge in [0.25, 0.3) is 0 Å². The molecule has 0 aliphatic carbocycles. The van der Waals surface area contributed by atoms with Gasteiger partial charge in [0, 0.05) is 5.56 Å². The molecule has 0 aliphatic heterocycles. The molecule has 1 aromatic heterocycles. The first-order valence-corrected chi connectivity index (χ1v) is 5.31. The molecule has 4 nitrogen and oxygen atoms in total. The number of aryl methyl sites for hydroxylation is 1. The van der Waals surface area contributed by atoms with Crippen molar-refractivity contribution < 1.29 is 9.26 Å². The molecule has 0 atom stereocenters. The van der Waals surface area contributed by atoms with Gasteiger partial charge in [0.05, 0.1) is 7.11 Å². The molecule has 2 rings (SSSR count). The molecule has 1 aromatic carbocycles.